The second-order valence-corrected chi connectivity index (χ2v) is 5.36. The Balaban J connectivity index is 2.47. The summed E-state index contributed by atoms with van der Waals surface area (Å²) < 4.78 is 24.8. The maximum Gasteiger partial charge on any atom is 0.137 e. The summed E-state index contributed by atoms with van der Waals surface area (Å²) in [4.78, 5) is 0. The predicted octanol–water partition coefficient (Wildman–Crippen LogP) is 3.91. The van der Waals surface area contributed by atoms with Crippen molar-refractivity contribution in [3.05, 3.63) is 57.8 Å². The molecule has 21 heavy (non-hydrogen) atoms. The molecule has 0 saturated carbocycles. The van der Waals surface area contributed by atoms with Gasteiger partial charge >= 0.3 is 0 Å². The van der Waals surface area contributed by atoms with Crippen molar-refractivity contribution in [1.29, 1.82) is 0 Å². The Morgan fingerprint density at radius 2 is 1.86 bits per heavy atom. The Morgan fingerprint density at radius 3 is 2.43 bits per heavy atom. The lowest BCUT2D eigenvalue weighted by molar-refractivity contribution is 0.388. The summed E-state index contributed by atoms with van der Waals surface area (Å²) >= 11 is 3.17. The molecule has 0 spiro atoms. The smallest absolute Gasteiger partial charge is 0.137 e. The minimum absolute atomic E-state index is 0.173. The van der Waals surface area contributed by atoms with Gasteiger partial charge in [-0.25, -0.2) is 4.39 Å². The Labute approximate surface area is 132 Å². The van der Waals surface area contributed by atoms with Crippen LogP contribution in [-0.2, 0) is 0 Å². The van der Waals surface area contributed by atoms with E-state index in [2.05, 4.69) is 21.2 Å². The van der Waals surface area contributed by atoms with Gasteiger partial charge in [-0.05, 0) is 52.8 Å². The predicted molar refractivity (Wildman–Crippen MR) is 84.5 cm³/mol. The fourth-order valence-electron chi connectivity index (χ4n) is 2.25. The lowest BCUT2D eigenvalue weighted by Gasteiger charge is -2.20. The molecule has 2 aromatic carbocycles. The molecule has 0 radical (unpaired) electrons. The molecule has 2 rings (SSSR count). The van der Waals surface area contributed by atoms with Crippen molar-refractivity contribution in [3.8, 4) is 11.5 Å². The molecular formula is C16H17BrFNO2. The fraction of sp³-hybridized carbons (Fsp3) is 0.250. The SMILES string of the molecule is CNC(c1ccc(Br)c(F)c1)c1ccc(OC)cc1OC. The molecule has 0 amide bonds. The molecule has 0 aliphatic carbocycles. The third-order valence-electron chi connectivity index (χ3n) is 3.32. The van der Waals surface area contributed by atoms with Crippen molar-refractivity contribution in [1.82, 2.24) is 5.32 Å². The number of hydrogen-bond donors (Lipinski definition) is 1. The van der Waals surface area contributed by atoms with Crippen molar-refractivity contribution in [2.24, 2.45) is 0 Å². The second kappa shape index (κ2) is 6.91. The number of methoxy groups -OCH3 is 2. The number of hydrogen-bond acceptors (Lipinski definition) is 3. The van der Waals surface area contributed by atoms with E-state index in [0.717, 1.165) is 11.1 Å². The monoisotopic (exact) mass is 353 g/mol. The summed E-state index contributed by atoms with van der Waals surface area (Å²) in [7, 11) is 5.04. The highest BCUT2D eigenvalue weighted by molar-refractivity contribution is 9.10. The normalized spacial score (nSPS) is 12.0. The van der Waals surface area contributed by atoms with Crippen LogP contribution >= 0.6 is 15.9 Å². The van der Waals surface area contributed by atoms with E-state index in [1.54, 1.807) is 20.3 Å². The summed E-state index contributed by atoms with van der Waals surface area (Å²) in [6.45, 7) is 0. The summed E-state index contributed by atoms with van der Waals surface area (Å²) in [6, 6.07) is 10.5. The van der Waals surface area contributed by atoms with Gasteiger partial charge in [0.15, 0.2) is 0 Å². The van der Waals surface area contributed by atoms with Gasteiger partial charge < -0.3 is 14.8 Å². The molecule has 1 atom stereocenters. The number of halogens is 2. The maximum atomic E-state index is 13.8. The molecule has 2 aromatic rings. The summed E-state index contributed by atoms with van der Waals surface area (Å²) in [5.74, 6) is 1.12. The minimum Gasteiger partial charge on any atom is -0.497 e. The largest absolute Gasteiger partial charge is 0.497 e. The zero-order chi connectivity index (χ0) is 15.4. The van der Waals surface area contributed by atoms with Crippen LogP contribution in [0.25, 0.3) is 0 Å². The molecule has 1 N–H and O–H groups in total. The third kappa shape index (κ3) is 3.36. The molecule has 5 heteroatoms. The van der Waals surface area contributed by atoms with E-state index in [4.69, 9.17) is 9.47 Å². The van der Waals surface area contributed by atoms with E-state index in [9.17, 15) is 4.39 Å². The summed E-state index contributed by atoms with van der Waals surface area (Å²) in [5.41, 5.74) is 1.74. The van der Waals surface area contributed by atoms with Crippen molar-refractivity contribution in [3.63, 3.8) is 0 Å². The summed E-state index contributed by atoms with van der Waals surface area (Å²) in [6.07, 6.45) is 0. The maximum absolute atomic E-state index is 13.8. The van der Waals surface area contributed by atoms with Crippen molar-refractivity contribution < 1.29 is 13.9 Å². The van der Waals surface area contributed by atoms with Crippen LogP contribution in [0.1, 0.15) is 17.2 Å². The first kappa shape index (κ1) is 15.8. The highest BCUT2D eigenvalue weighted by Crippen LogP contribution is 2.33. The molecule has 0 aliphatic heterocycles. The number of benzene rings is 2. The van der Waals surface area contributed by atoms with Gasteiger partial charge in [0.2, 0.25) is 0 Å². The fourth-order valence-corrected chi connectivity index (χ4v) is 2.50. The Morgan fingerprint density at radius 1 is 1.10 bits per heavy atom. The molecule has 0 saturated heterocycles. The van der Waals surface area contributed by atoms with Crippen LogP contribution in [0.3, 0.4) is 0 Å². The molecule has 0 fully saturated rings. The molecule has 0 aliphatic rings. The van der Waals surface area contributed by atoms with E-state index < -0.39 is 0 Å². The van der Waals surface area contributed by atoms with Crippen molar-refractivity contribution >= 4 is 15.9 Å². The molecule has 3 nitrogen and oxygen atoms in total. The molecular weight excluding hydrogens is 337 g/mol. The van der Waals surface area contributed by atoms with Crippen LogP contribution in [-0.4, -0.2) is 21.3 Å². The first-order chi connectivity index (χ1) is 10.1. The Hall–Kier alpha value is -1.59. The zero-order valence-corrected chi connectivity index (χ0v) is 13.7. The Kier molecular flexibility index (Phi) is 5.20. The lowest BCUT2D eigenvalue weighted by Crippen LogP contribution is -2.18. The number of nitrogens with one attached hydrogen (secondary N) is 1. The molecule has 1 unspecified atom stereocenters. The summed E-state index contributed by atoms with van der Waals surface area (Å²) in [5, 5.41) is 3.19. The molecule has 0 heterocycles. The lowest BCUT2D eigenvalue weighted by atomic mass is 9.97. The van der Waals surface area contributed by atoms with Gasteiger partial charge in [0.1, 0.15) is 17.3 Å². The van der Waals surface area contributed by atoms with Gasteiger partial charge in [0.05, 0.1) is 24.7 Å². The number of rotatable bonds is 5. The van der Waals surface area contributed by atoms with E-state index in [1.165, 1.54) is 6.07 Å². The minimum atomic E-state index is -0.291. The van der Waals surface area contributed by atoms with Gasteiger partial charge in [-0.15, -0.1) is 0 Å². The average Bonchev–Trinajstić information content (AvgIpc) is 2.51. The van der Waals surface area contributed by atoms with Crippen LogP contribution in [0.4, 0.5) is 4.39 Å². The van der Waals surface area contributed by atoms with Gasteiger partial charge in [0.25, 0.3) is 0 Å². The third-order valence-corrected chi connectivity index (χ3v) is 3.96. The first-order valence-corrected chi connectivity index (χ1v) is 7.24. The van der Waals surface area contributed by atoms with E-state index in [0.29, 0.717) is 16.0 Å². The second-order valence-electron chi connectivity index (χ2n) is 4.50. The average molecular weight is 354 g/mol. The van der Waals surface area contributed by atoms with Crippen LogP contribution < -0.4 is 14.8 Å². The Bertz CT molecular complexity index is 634. The number of ether oxygens (including phenoxy) is 2. The molecule has 0 aromatic heterocycles. The van der Waals surface area contributed by atoms with Crippen LogP contribution in [0.15, 0.2) is 40.9 Å². The van der Waals surface area contributed by atoms with Crippen LogP contribution in [0, 0.1) is 5.82 Å². The van der Waals surface area contributed by atoms with Crippen LogP contribution in [0.5, 0.6) is 11.5 Å². The zero-order valence-electron chi connectivity index (χ0n) is 12.1. The first-order valence-electron chi connectivity index (χ1n) is 6.44. The topological polar surface area (TPSA) is 30.5 Å². The van der Waals surface area contributed by atoms with E-state index >= 15 is 0 Å². The van der Waals surface area contributed by atoms with Gasteiger partial charge in [0, 0.05) is 11.6 Å². The highest BCUT2D eigenvalue weighted by Gasteiger charge is 2.18. The quantitative estimate of drug-likeness (QED) is 0.883. The van der Waals surface area contributed by atoms with Gasteiger partial charge in [-0.1, -0.05) is 6.07 Å². The standard InChI is InChI=1S/C16H17BrFNO2/c1-19-16(10-4-7-13(17)14(18)8-10)12-6-5-11(20-2)9-15(12)21-3/h4-9,16,19H,1-3H3. The van der Waals surface area contributed by atoms with Crippen molar-refractivity contribution in [2.75, 3.05) is 21.3 Å². The van der Waals surface area contributed by atoms with E-state index in [1.807, 2.05) is 31.3 Å². The van der Waals surface area contributed by atoms with Crippen molar-refractivity contribution in [2.45, 2.75) is 6.04 Å². The highest BCUT2D eigenvalue weighted by atomic mass is 79.9. The molecule has 0 bridgehead atoms. The van der Waals surface area contributed by atoms with Gasteiger partial charge in [-0.2, -0.15) is 0 Å². The van der Waals surface area contributed by atoms with E-state index in [-0.39, 0.29) is 11.9 Å². The van der Waals surface area contributed by atoms with Gasteiger partial charge in [-0.3, -0.25) is 0 Å². The van der Waals surface area contributed by atoms with Crippen LogP contribution in [0.2, 0.25) is 0 Å². The molecule has 112 valence electrons.